The van der Waals surface area contributed by atoms with Crippen LogP contribution < -0.4 is 0 Å². The first kappa shape index (κ1) is 31.5. The summed E-state index contributed by atoms with van der Waals surface area (Å²) in [7, 11) is -5.81. The molecule has 2 fully saturated rings. The van der Waals surface area contributed by atoms with Crippen LogP contribution in [0, 0.1) is 0 Å². The van der Waals surface area contributed by atoms with E-state index in [1.165, 1.54) is 28.9 Å². The van der Waals surface area contributed by atoms with Crippen molar-refractivity contribution in [1.29, 1.82) is 0 Å². The Morgan fingerprint density at radius 2 is 1.15 bits per heavy atom. The fraction of sp³-hybridized carbons (Fsp3) is 0.400. The van der Waals surface area contributed by atoms with E-state index in [1.807, 2.05) is 0 Å². The topological polar surface area (TPSA) is 84.9 Å². The van der Waals surface area contributed by atoms with E-state index in [-0.39, 0.29) is 29.2 Å². The van der Waals surface area contributed by atoms with E-state index in [4.69, 9.17) is 27.2 Å². The second-order valence-corrected chi connectivity index (χ2v) is 13.6. The van der Waals surface area contributed by atoms with Gasteiger partial charge >= 0.3 is 5.51 Å². The second kappa shape index (κ2) is 14.7. The number of benzene rings is 3. The van der Waals surface area contributed by atoms with Gasteiger partial charge < -0.3 is 18.8 Å². The van der Waals surface area contributed by atoms with Crippen molar-refractivity contribution in [2.24, 2.45) is 0 Å². The van der Waals surface area contributed by atoms with Crippen LogP contribution >= 0.6 is 0 Å². The molecule has 0 amide bonds. The molecule has 41 heavy (non-hydrogen) atoms. The van der Waals surface area contributed by atoms with Crippen molar-refractivity contribution >= 4 is 21.0 Å². The van der Waals surface area contributed by atoms with Crippen LogP contribution in [0.25, 0.3) is 0 Å². The SMILES string of the molecule is O=S(=O)([O-])C(F)(F)F.c1ccc(CO[C@@H]2[C@H]3[C@H](OCc4ccccc4)CCC[S+]3C[C@H]2OCc2ccccc2)cc1. The molecule has 222 valence electrons. The highest BCUT2D eigenvalue weighted by molar-refractivity contribution is 7.97. The molecular weight excluding hydrogens is 577 g/mol. The van der Waals surface area contributed by atoms with Crippen LogP contribution in [0.1, 0.15) is 29.5 Å². The molecule has 2 saturated heterocycles. The average molecular weight is 611 g/mol. The fourth-order valence-corrected chi connectivity index (χ4v) is 8.13. The molecule has 0 spiro atoms. The molecule has 2 aliphatic rings. The number of alkyl halides is 3. The van der Waals surface area contributed by atoms with Crippen molar-refractivity contribution in [2.75, 3.05) is 11.5 Å². The Labute approximate surface area is 241 Å². The van der Waals surface area contributed by atoms with Crippen molar-refractivity contribution in [2.45, 2.75) is 61.7 Å². The van der Waals surface area contributed by atoms with Gasteiger partial charge in [-0.2, -0.15) is 13.2 Å². The third kappa shape index (κ3) is 9.29. The Balaban J connectivity index is 0.000000426. The third-order valence-electron chi connectivity index (χ3n) is 6.90. The van der Waals surface area contributed by atoms with Crippen LogP contribution in [-0.4, -0.2) is 53.5 Å². The summed E-state index contributed by atoms with van der Waals surface area (Å²) >= 11 is 0. The maximum Gasteiger partial charge on any atom is 0.485 e. The van der Waals surface area contributed by atoms with Gasteiger partial charge in [-0.25, -0.2) is 8.42 Å². The highest BCUT2D eigenvalue weighted by atomic mass is 32.2. The predicted octanol–water partition coefficient (Wildman–Crippen LogP) is 5.59. The van der Waals surface area contributed by atoms with Crippen LogP contribution in [0.5, 0.6) is 0 Å². The number of fused-ring (bicyclic) bond motifs is 1. The first-order chi connectivity index (χ1) is 19.6. The molecule has 5 atom stereocenters. The Morgan fingerprint density at radius 3 is 1.59 bits per heavy atom. The molecule has 0 radical (unpaired) electrons. The first-order valence-corrected chi connectivity index (χ1v) is 16.3. The van der Waals surface area contributed by atoms with Gasteiger partial charge in [0.05, 0.1) is 19.8 Å². The lowest BCUT2D eigenvalue weighted by Crippen LogP contribution is -2.47. The minimum atomic E-state index is -6.09. The maximum atomic E-state index is 10.7. The zero-order valence-corrected chi connectivity index (χ0v) is 24.0. The number of rotatable bonds is 9. The summed E-state index contributed by atoms with van der Waals surface area (Å²) in [5, 5.41) is 0.409. The van der Waals surface area contributed by atoms with E-state index < -0.39 is 15.6 Å². The zero-order valence-electron chi connectivity index (χ0n) is 22.3. The lowest BCUT2D eigenvalue weighted by Gasteiger charge is -2.31. The molecule has 0 bridgehead atoms. The van der Waals surface area contributed by atoms with E-state index in [9.17, 15) is 13.2 Å². The second-order valence-electron chi connectivity index (χ2n) is 9.85. The molecule has 0 aromatic heterocycles. The minimum absolute atomic E-state index is 0.0679. The maximum absolute atomic E-state index is 10.7. The van der Waals surface area contributed by atoms with Gasteiger partial charge in [0.25, 0.3) is 0 Å². The summed E-state index contributed by atoms with van der Waals surface area (Å²) in [5.74, 6) is 2.36. The lowest BCUT2D eigenvalue weighted by molar-refractivity contribution is -0.0906. The molecule has 0 saturated carbocycles. The molecule has 2 heterocycles. The van der Waals surface area contributed by atoms with Crippen LogP contribution in [-0.2, 0) is 55.0 Å². The monoisotopic (exact) mass is 610 g/mol. The molecular formula is C30H33F3O6S2. The lowest BCUT2D eigenvalue weighted by atomic mass is 10.0. The standard InChI is InChI=1S/C29H33O3S.CHF3O3S/c1-4-11-23(12-5-1)19-30-26-17-10-18-33-22-27(31-20-24-13-6-2-7-14-24)28(29(26)33)32-21-25-15-8-3-9-16-25;2-1(3,4)8(5,6)7/h1-9,11-16,26-29H,10,17-22H2;(H,5,6,7)/q+1;/p-1/t26-,27-,28+,29-,33?;/m1./s1. The molecule has 2 aliphatic heterocycles. The highest BCUT2D eigenvalue weighted by Crippen LogP contribution is 2.38. The quantitative estimate of drug-likeness (QED) is 0.179. The summed E-state index contributed by atoms with van der Waals surface area (Å²) in [6.07, 6.45) is 2.75. The van der Waals surface area contributed by atoms with E-state index in [0.29, 0.717) is 25.1 Å². The van der Waals surface area contributed by atoms with E-state index >= 15 is 0 Å². The van der Waals surface area contributed by atoms with Gasteiger partial charge in [-0.05, 0) is 40.4 Å². The van der Waals surface area contributed by atoms with E-state index in [0.717, 1.165) is 12.2 Å². The third-order valence-corrected chi connectivity index (χ3v) is 10.4. The molecule has 5 rings (SSSR count). The van der Waals surface area contributed by atoms with Gasteiger partial charge in [0, 0.05) is 0 Å². The molecule has 3 aromatic carbocycles. The number of halogens is 3. The molecule has 1 unspecified atom stereocenters. The smallest absolute Gasteiger partial charge is 0.485 e. The zero-order chi connectivity index (χ0) is 29.3. The Kier molecular flexibility index (Phi) is 11.3. The summed E-state index contributed by atoms with van der Waals surface area (Å²) < 4.78 is 78.6. The van der Waals surface area contributed by atoms with Crippen molar-refractivity contribution in [3.05, 3.63) is 108 Å². The number of hydrogen-bond acceptors (Lipinski definition) is 6. The van der Waals surface area contributed by atoms with Gasteiger partial charge in [0.2, 0.25) is 0 Å². The first-order valence-electron chi connectivity index (χ1n) is 13.3. The number of hydrogen-bond donors (Lipinski definition) is 0. The normalized spacial score (nSPS) is 24.2. The van der Waals surface area contributed by atoms with Crippen LogP contribution in [0.2, 0.25) is 0 Å². The van der Waals surface area contributed by atoms with Gasteiger partial charge in [0.1, 0.15) is 29.8 Å². The molecule has 6 nitrogen and oxygen atoms in total. The molecule has 3 aromatic rings. The average Bonchev–Trinajstić information content (AvgIpc) is 3.33. The van der Waals surface area contributed by atoms with E-state index in [1.54, 1.807) is 0 Å². The Hall–Kier alpha value is -2.41. The van der Waals surface area contributed by atoms with Gasteiger partial charge in [-0.15, -0.1) is 0 Å². The van der Waals surface area contributed by atoms with Crippen molar-refractivity contribution < 1.29 is 40.4 Å². The summed E-state index contributed by atoms with van der Waals surface area (Å²) in [6.45, 7) is 1.92. The van der Waals surface area contributed by atoms with Gasteiger partial charge in [0.15, 0.2) is 15.4 Å². The largest absolute Gasteiger partial charge is 0.741 e. The summed E-state index contributed by atoms with van der Waals surface area (Å²) in [6, 6.07) is 31.5. The highest BCUT2D eigenvalue weighted by Gasteiger charge is 2.57. The summed E-state index contributed by atoms with van der Waals surface area (Å²) in [4.78, 5) is 0. The predicted molar refractivity (Wildman–Crippen MR) is 151 cm³/mol. The van der Waals surface area contributed by atoms with Crippen molar-refractivity contribution in [3.63, 3.8) is 0 Å². The number of ether oxygens (including phenoxy) is 3. The van der Waals surface area contributed by atoms with Crippen LogP contribution in [0.4, 0.5) is 13.2 Å². The van der Waals surface area contributed by atoms with E-state index in [2.05, 4.69) is 91.0 Å². The van der Waals surface area contributed by atoms with Crippen molar-refractivity contribution in [1.82, 2.24) is 0 Å². The van der Waals surface area contributed by atoms with Crippen LogP contribution in [0.3, 0.4) is 0 Å². The minimum Gasteiger partial charge on any atom is -0.741 e. The Morgan fingerprint density at radius 1 is 0.732 bits per heavy atom. The molecule has 0 N–H and O–H groups in total. The van der Waals surface area contributed by atoms with Gasteiger partial charge in [-0.3, -0.25) is 0 Å². The summed E-state index contributed by atoms with van der Waals surface area (Å²) in [5.41, 5.74) is -1.98. The Bertz CT molecular complexity index is 1290. The fourth-order valence-electron chi connectivity index (χ4n) is 4.94. The van der Waals surface area contributed by atoms with Gasteiger partial charge in [-0.1, -0.05) is 91.0 Å². The van der Waals surface area contributed by atoms with Crippen LogP contribution in [0.15, 0.2) is 91.0 Å². The van der Waals surface area contributed by atoms with Crippen molar-refractivity contribution in [3.8, 4) is 0 Å². The molecule has 11 heteroatoms. The molecule has 0 aliphatic carbocycles.